The zero-order chi connectivity index (χ0) is 12.7. The lowest BCUT2D eigenvalue weighted by Gasteiger charge is -2.08. The summed E-state index contributed by atoms with van der Waals surface area (Å²) >= 11 is 0. The standard InChI is InChI=1S/C12H12N2O3/c1-16-11-8-9(3-5-12(14)15)2-4-10(11)17-7-6-13/h2-5,8H,7H2,1H3,(H2,14,15)/b5-3-. The first-order chi connectivity index (χ1) is 8.17. The Morgan fingerprint density at radius 3 is 2.88 bits per heavy atom. The van der Waals surface area contributed by atoms with Crippen LogP contribution in [0.1, 0.15) is 5.56 Å². The van der Waals surface area contributed by atoms with Gasteiger partial charge in [-0.2, -0.15) is 5.26 Å². The lowest BCUT2D eigenvalue weighted by atomic mass is 10.2. The van der Waals surface area contributed by atoms with Crippen LogP contribution in [-0.4, -0.2) is 19.6 Å². The summed E-state index contributed by atoms with van der Waals surface area (Å²) in [6.45, 7) is -0.0488. The maximum absolute atomic E-state index is 10.6. The summed E-state index contributed by atoms with van der Waals surface area (Å²) in [7, 11) is 1.50. The molecule has 2 N–H and O–H groups in total. The molecule has 0 aliphatic rings. The average molecular weight is 232 g/mol. The van der Waals surface area contributed by atoms with Crippen molar-refractivity contribution in [1.82, 2.24) is 0 Å². The molecule has 5 heteroatoms. The number of hydrogen-bond donors (Lipinski definition) is 1. The Kier molecular flexibility index (Phi) is 4.58. The van der Waals surface area contributed by atoms with E-state index in [0.29, 0.717) is 11.5 Å². The molecular formula is C12H12N2O3. The Morgan fingerprint density at radius 1 is 1.53 bits per heavy atom. The number of nitrogens with zero attached hydrogens (tertiary/aromatic N) is 1. The van der Waals surface area contributed by atoms with Crippen LogP contribution in [0.4, 0.5) is 0 Å². The smallest absolute Gasteiger partial charge is 0.241 e. The van der Waals surface area contributed by atoms with Crippen molar-refractivity contribution in [3.05, 3.63) is 29.8 Å². The van der Waals surface area contributed by atoms with E-state index in [-0.39, 0.29) is 6.61 Å². The van der Waals surface area contributed by atoms with Gasteiger partial charge in [-0.25, -0.2) is 0 Å². The summed E-state index contributed by atoms with van der Waals surface area (Å²) in [5.74, 6) is 0.450. The number of ether oxygens (including phenoxy) is 2. The highest BCUT2D eigenvalue weighted by Gasteiger charge is 2.04. The van der Waals surface area contributed by atoms with Gasteiger partial charge in [0, 0.05) is 6.08 Å². The molecule has 17 heavy (non-hydrogen) atoms. The van der Waals surface area contributed by atoms with Gasteiger partial charge in [-0.1, -0.05) is 6.07 Å². The van der Waals surface area contributed by atoms with Crippen LogP contribution in [0.15, 0.2) is 24.3 Å². The monoisotopic (exact) mass is 232 g/mol. The van der Waals surface area contributed by atoms with Crippen LogP contribution in [0.2, 0.25) is 0 Å². The second-order valence-corrected chi connectivity index (χ2v) is 3.09. The van der Waals surface area contributed by atoms with E-state index in [1.54, 1.807) is 24.3 Å². The van der Waals surface area contributed by atoms with Crippen molar-refractivity contribution >= 4 is 12.0 Å². The number of nitriles is 1. The Bertz CT molecular complexity index is 475. The first-order valence-corrected chi connectivity index (χ1v) is 4.82. The zero-order valence-corrected chi connectivity index (χ0v) is 9.34. The van der Waals surface area contributed by atoms with Crippen molar-refractivity contribution in [2.24, 2.45) is 5.73 Å². The van der Waals surface area contributed by atoms with Crippen molar-refractivity contribution in [3.63, 3.8) is 0 Å². The van der Waals surface area contributed by atoms with Crippen LogP contribution in [0.3, 0.4) is 0 Å². The molecular weight excluding hydrogens is 220 g/mol. The van der Waals surface area contributed by atoms with Crippen molar-refractivity contribution in [2.75, 3.05) is 13.7 Å². The normalized spacial score (nSPS) is 9.88. The van der Waals surface area contributed by atoms with E-state index >= 15 is 0 Å². The number of rotatable bonds is 5. The minimum atomic E-state index is -0.520. The molecule has 1 aromatic rings. The molecule has 0 bridgehead atoms. The van der Waals surface area contributed by atoms with Crippen molar-refractivity contribution in [3.8, 4) is 17.6 Å². The third kappa shape index (κ3) is 3.87. The Hall–Kier alpha value is -2.48. The molecule has 0 fully saturated rings. The molecule has 0 heterocycles. The number of primary amides is 1. The van der Waals surface area contributed by atoms with Crippen LogP contribution in [0.25, 0.3) is 6.08 Å². The van der Waals surface area contributed by atoms with Crippen LogP contribution in [0, 0.1) is 11.3 Å². The maximum Gasteiger partial charge on any atom is 0.241 e. The van der Waals surface area contributed by atoms with Gasteiger partial charge in [-0.05, 0) is 23.8 Å². The van der Waals surface area contributed by atoms with Gasteiger partial charge >= 0.3 is 0 Å². The summed E-state index contributed by atoms with van der Waals surface area (Å²) in [5, 5.41) is 8.41. The van der Waals surface area contributed by atoms with Crippen molar-refractivity contribution in [1.29, 1.82) is 5.26 Å². The van der Waals surface area contributed by atoms with E-state index in [0.717, 1.165) is 5.56 Å². The number of carbonyl (C=O) groups is 1. The van der Waals surface area contributed by atoms with Gasteiger partial charge in [0.15, 0.2) is 18.1 Å². The van der Waals surface area contributed by atoms with Gasteiger partial charge in [0.05, 0.1) is 7.11 Å². The van der Waals surface area contributed by atoms with E-state index in [4.69, 9.17) is 20.5 Å². The molecule has 1 rings (SSSR count). The van der Waals surface area contributed by atoms with Crippen LogP contribution < -0.4 is 15.2 Å². The van der Waals surface area contributed by atoms with E-state index in [1.165, 1.54) is 13.2 Å². The molecule has 1 aromatic carbocycles. The van der Waals surface area contributed by atoms with E-state index in [2.05, 4.69) is 0 Å². The predicted molar refractivity (Wildman–Crippen MR) is 62.3 cm³/mol. The number of amides is 1. The summed E-state index contributed by atoms with van der Waals surface area (Å²) in [6.07, 6.45) is 2.82. The number of methoxy groups -OCH3 is 1. The highest BCUT2D eigenvalue weighted by molar-refractivity contribution is 5.90. The predicted octanol–water partition coefficient (Wildman–Crippen LogP) is 1.10. The minimum absolute atomic E-state index is 0.0488. The van der Waals surface area contributed by atoms with Gasteiger partial charge < -0.3 is 15.2 Å². The van der Waals surface area contributed by atoms with Gasteiger partial charge in [-0.15, -0.1) is 0 Å². The number of nitrogens with two attached hydrogens (primary N) is 1. The summed E-state index contributed by atoms with van der Waals surface area (Å²) in [4.78, 5) is 10.6. The second-order valence-electron chi connectivity index (χ2n) is 3.09. The van der Waals surface area contributed by atoms with Crippen molar-refractivity contribution < 1.29 is 14.3 Å². The van der Waals surface area contributed by atoms with E-state index in [1.807, 2.05) is 6.07 Å². The molecule has 0 unspecified atom stereocenters. The molecule has 1 amide bonds. The largest absolute Gasteiger partial charge is 0.493 e. The summed E-state index contributed by atoms with van der Waals surface area (Å²) in [5.41, 5.74) is 5.74. The molecule has 0 saturated heterocycles. The van der Waals surface area contributed by atoms with E-state index in [9.17, 15) is 4.79 Å². The van der Waals surface area contributed by atoms with Crippen molar-refractivity contribution in [2.45, 2.75) is 0 Å². The highest BCUT2D eigenvalue weighted by atomic mass is 16.5. The fourth-order valence-electron chi connectivity index (χ4n) is 1.20. The minimum Gasteiger partial charge on any atom is -0.493 e. The number of carbonyl (C=O) groups excluding carboxylic acids is 1. The molecule has 0 aliphatic heterocycles. The van der Waals surface area contributed by atoms with Gasteiger partial charge in [-0.3, -0.25) is 4.79 Å². The maximum atomic E-state index is 10.6. The fraction of sp³-hybridized carbons (Fsp3) is 0.167. The molecule has 0 radical (unpaired) electrons. The second kappa shape index (κ2) is 6.18. The summed E-state index contributed by atoms with van der Waals surface area (Å²) < 4.78 is 10.3. The molecule has 0 aliphatic carbocycles. The molecule has 88 valence electrons. The van der Waals surface area contributed by atoms with Crippen LogP contribution >= 0.6 is 0 Å². The first kappa shape index (κ1) is 12.6. The van der Waals surface area contributed by atoms with E-state index < -0.39 is 5.91 Å². The highest BCUT2D eigenvalue weighted by Crippen LogP contribution is 2.28. The van der Waals surface area contributed by atoms with Gasteiger partial charge in [0.2, 0.25) is 5.91 Å². The van der Waals surface area contributed by atoms with Gasteiger partial charge in [0.25, 0.3) is 0 Å². The third-order valence-electron chi connectivity index (χ3n) is 1.92. The SMILES string of the molecule is COc1cc(/C=C\C(N)=O)ccc1OCC#N. The average Bonchev–Trinajstić information content (AvgIpc) is 2.34. The number of benzene rings is 1. The molecule has 0 aromatic heterocycles. The molecule has 0 atom stereocenters. The Morgan fingerprint density at radius 2 is 2.29 bits per heavy atom. The quantitative estimate of drug-likeness (QED) is 0.770. The topological polar surface area (TPSA) is 85.3 Å². The molecule has 0 saturated carbocycles. The lowest BCUT2D eigenvalue weighted by Crippen LogP contribution is -2.05. The Labute approximate surface area is 99.1 Å². The first-order valence-electron chi connectivity index (χ1n) is 4.82. The lowest BCUT2D eigenvalue weighted by molar-refractivity contribution is -0.113. The van der Waals surface area contributed by atoms with Crippen LogP contribution in [-0.2, 0) is 4.79 Å². The molecule has 5 nitrogen and oxygen atoms in total. The zero-order valence-electron chi connectivity index (χ0n) is 9.34. The third-order valence-corrected chi connectivity index (χ3v) is 1.92. The summed E-state index contributed by atoms with van der Waals surface area (Å²) in [6, 6.07) is 6.95. The fourth-order valence-corrected chi connectivity index (χ4v) is 1.20. The molecule has 0 spiro atoms. The van der Waals surface area contributed by atoms with Crippen LogP contribution in [0.5, 0.6) is 11.5 Å². The number of hydrogen-bond acceptors (Lipinski definition) is 4. The van der Waals surface area contributed by atoms with Gasteiger partial charge in [0.1, 0.15) is 6.07 Å². The Balaban J connectivity index is 2.92.